The van der Waals surface area contributed by atoms with Crippen LogP contribution < -0.4 is 20.1 Å². The van der Waals surface area contributed by atoms with Gasteiger partial charge >= 0.3 is 0 Å². The van der Waals surface area contributed by atoms with Gasteiger partial charge in [-0.15, -0.1) is 0 Å². The molecule has 4 amide bonds. The zero-order valence-electron chi connectivity index (χ0n) is 25.0. The molecular formula is C31H40N6O6. The van der Waals surface area contributed by atoms with Crippen LogP contribution in [-0.4, -0.2) is 96.0 Å². The van der Waals surface area contributed by atoms with Crippen LogP contribution in [0.4, 0.5) is 0 Å². The van der Waals surface area contributed by atoms with Crippen molar-refractivity contribution >= 4 is 34.7 Å². The lowest BCUT2D eigenvalue weighted by Crippen LogP contribution is -2.47. The Balaban J connectivity index is 1.44. The number of para-hydroxylation sites is 2. The van der Waals surface area contributed by atoms with Crippen molar-refractivity contribution < 1.29 is 28.7 Å². The number of carbonyl (C=O) groups excluding carboxylic acids is 4. The van der Waals surface area contributed by atoms with Gasteiger partial charge in [-0.25, -0.2) is 4.98 Å². The predicted molar refractivity (Wildman–Crippen MR) is 161 cm³/mol. The van der Waals surface area contributed by atoms with Crippen LogP contribution >= 0.6 is 0 Å². The first kappa shape index (κ1) is 31.3. The minimum atomic E-state index is -0.736. The first-order valence-electron chi connectivity index (χ1n) is 14.6. The fourth-order valence-corrected chi connectivity index (χ4v) is 5.01. The van der Waals surface area contributed by atoms with Crippen LogP contribution in [0.2, 0.25) is 0 Å². The highest BCUT2D eigenvalue weighted by atomic mass is 16.5. The van der Waals surface area contributed by atoms with E-state index in [-0.39, 0.29) is 24.3 Å². The number of amides is 4. The first-order valence-corrected chi connectivity index (χ1v) is 14.6. The Bertz CT molecular complexity index is 1440. The first-order chi connectivity index (χ1) is 20.8. The molecule has 12 heteroatoms. The van der Waals surface area contributed by atoms with Crippen LogP contribution in [0.1, 0.15) is 43.0 Å². The Morgan fingerprint density at radius 3 is 2.65 bits per heavy atom. The van der Waals surface area contributed by atoms with Crippen LogP contribution in [0.5, 0.6) is 11.5 Å². The maximum atomic E-state index is 13.3. The molecule has 3 aromatic rings. The van der Waals surface area contributed by atoms with Crippen molar-refractivity contribution in [1.29, 1.82) is 0 Å². The van der Waals surface area contributed by atoms with Gasteiger partial charge in [0.15, 0.2) is 18.1 Å². The van der Waals surface area contributed by atoms with Gasteiger partial charge in [-0.2, -0.15) is 0 Å². The van der Waals surface area contributed by atoms with Gasteiger partial charge in [0.05, 0.1) is 24.5 Å². The van der Waals surface area contributed by atoms with Gasteiger partial charge < -0.3 is 34.5 Å². The molecule has 1 aromatic heterocycles. The average molecular weight is 593 g/mol. The summed E-state index contributed by atoms with van der Waals surface area (Å²) in [4.78, 5) is 59.3. The van der Waals surface area contributed by atoms with Gasteiger partial charge in [-0.1, -0.05) is 12.1 Å². The molecule has 3 heterocycles. The van der Waals surface area contributed by atoms with E-state index in [0.29, 0.717) is 75.5 Å². The molecule has 2 aliphatic heterocycles. The number of hydrogen-bond donors (Lipinski definition) is 2. The maximum Gasteiger partial charge on any atom is 0.258 e. The van der Waals surface area contributed by atoms with Gasteiger partial charge in [-0.05, 0) is 56.5 Å². The molecule has 0 spiro atoms. The van der Waals surface area contributed by atoms with E-state index >= 15 is 0 Å². The van der Waals surface area contributed by atoms with Crippen molar-refractivity contribution in [3.05, 3.63) is 54.4 Å². The number of hydrogen-bond acceptors (Lipinski definition) is 7. The number of benzene rings is 2. The number of ether oxygens (including phenoxy) is 2. The molecule has 43 heavy (non-hydrogen) atoms. The molecule has 2 aromatic carbocycles. The van der Waals surface area contributed by atoms with E-state index in [1.54, 1.807) is 43.4 Å². The smallest absolute Gasteiger partial charge is 0.258 e. The fraction of sp³-hybridized carbons (Fsp3) is 0.452. The second-order valence-electron chi connectivity index (χ2n) is 10.6. The lowest BCUT2D eigenvalue weighted by Gasteiger charge is -2.25. The molecule has 0 unspecified atom stereocenters. The van der Waals surface area contributed by atoms with Crippen molar-refractivity contribution in [3.63, 3.8) is 0 Å². The molecule has 0 saturated heterocycles. The molecule has 0 fully saturated rings. The summed E-state index contributed by atoms with van der Waals surface area (Å²) in [6.07, 6.45) is 4.03. The molecule has 2 bridgehead atoms. The number of fused-ring (bicyclic) bond motifs is 19. The number of carbonyl (C=O) groups is 4. The van der Waals surface area contributed by atoms with Crippen LogP contribution in [0.15, 0.2) is 48.8 Å². The van der Waals surface area contributed by atoms with E-state index in [2.05, 4.69) is 15.6 Å². The number of aryl methyl sites for hydroxylation is 1. The number of imidazole rings is 1. The average Bonchev–Trinajstić information content (AvgIpc) is 3.43. The van der Waals surface area contributed by atoms with Crippen molar-refractivity contribution in [2.75, 3.05) is 46.9 Å². The van der Waals surface area contributed by atoms with Gasteiger partial charge in [-0.3, -0.25) is 19.2 Å². The number of nitrogens with one attached hydrogen (secondary N) is 2. The highest BCUT2D eigenvalue weighted by molar-refractivity contribution is 5.95. The summed E-state index contributed by atoms with van der Waals surface area (Å²) in [7, 11) is 3.15. The molecule has 12 nitrogen and oxygen atoms in total. The SMILES string of the molecule is COc1cc2ccc1OCC(=O)N[C@@H](C)C(=O)N(C)CCCCN(C(=O)CCn1cnc3ccccc31)CCCNC2=O. The fourth-order valence-electron chi connectivity index (χ4n) is 5.01. The van der Waals surface area contributed by atoms with E-state index in [4.69, 9.17) is 9.47 Å². The highest BCUT2D eigenvalue weighted by Gasteiger charge is 2.21. The second-order valence-corrected chi connectivity index (χ2v) is 10.6. The molecule has 0 aliphatic carbocycles. The van der Waals surface area contributed by atoms with E-state index in [9.17, 15) is 19.2 Å². The Morgan fingerprint density at radius 2 is 1.84 bits per heavy atom. The number of methoxy groups -OCH3 is 1. The molecular weight excluding hydrogens is 552 g/mol. The normalized spacial score (nSPS) is 18.0. The van der Waals surface area contributed by atoms with E-state index < -0.39 is 11.9 Å². The van der Waals surface area contributed by atoms with E-state index in [1.165, 1.54) is 7.11 Å². The summed E-state index contributed by atoms with van der Waals surface area (Å²) < 4.78 is 12.9. The van der Waals surface area contributed by atoms with Gasteiger partial charge in [0.25, 0.3) is 11.8 Å². The zero-order valence-corrected chi connectivity index (χ0v) is 25.0. The van der Waals surface area contributed by atoms with Crippen molar-refractivity contribution in [3.8, 4) is 11.5 Å². The summed E-state index contributed by atoms with van der Waals surface area (Å²) in [5.74, 6) is -0.336. The largest absolute Gasteiger partial charge is 0.493 e. The molecule has 1 atom stereocenters. The number of aromatic nitrogens is 2. The van der Waals surface area contributed by atoms with Crippen molar-refractivity contribution in [2.45, 2.75) is 45.2 Å². The molecule has 5 rings (SSSR count). The summed E-state index contributed by atoms with van der Waals surface area (Å²) in [5, 5.41) is 5.57. The van der Waals surface area contributed by atoms with Gasteiger partial charge in [0, 0.05) is 51.8 Å². The Kier molecular flexibility index (Phi) is 11.0. The van der Waals surface area contributed by atoms with Crippen LogP contribution in [0, 0.1) is 0 Å². The molecule has 2 aliphatic rings. The lowest BCUT2D eigenvalue weighted by molar-refractivity contribution is -0.135. The third kappa shape index (κ3) is 8.46. The van der Waals surface area contributed by atoms with E-state index in [0.717, 1.165) is 11.0 Å². The highest BCUT2D eigenvalue weighted by Crippen LogP contribution is 2.28. The Labute approximate surface area is 251 Å². The third-order valence-electron chi connectivity index (χ3n) is 7.42. The molecule has 230 valence electrons. The van der Waals surface area contributed by atoms with Crippen LogP contribution in [0.25, 0.3) is 11.0 Å². The van der Waals surface area contributed by atoms with E-state index in [1.807, 2.05) is 33.7 Å². The number of nitrogens with zero attached hydrogens (tertiary/aromatic N) is 4. The van der Waals surface area contributed by atoms with Crippen LogP contribution in [0.3, 0.4) is 0 Å². The topological polar surface area (TPSA) is 135 Å². The lowest BCUT2D eigenvalue weighted by atomic mass is 10.2. The van der Waals surface area contributed by atoms with Crippen molar-refractivity contribution in [2.24, 2.45) is 0 Å². The molecule has 2 N–H and O–H groups in total. The van der Waals surface area contributed by atoms with Gasteiger partial charge in [0.1, 0.15) is 6.04 Å². The Morgan fingerprint density at radius 1 is 1.07 bits per heavy atom. The Hall–Kier alpha value is -4.61. The summed E-state index contributed by atoms with van der Waals surface area (Å²) in [5.41, 5.74) is 2.24. The minimum Gasteiger partial charge on any atom is -0.493 e. The zero-order chi connectivity index (χ0) is 30.8. The standard InChI is InChI=1S/C31H40N6O6/c1-22-31(41)35(2)15-6-7-16-36(29(39)13-18-37-21-33-24-9-4-5-10-25(24)37)17-8-14-32-30(40)23-11-12-26(27(19-23)42-3)43-20-28(38)34-22/h4-5,9-12,19,21-22H,6-8,13-18,20H2,1-3H3,(H,32,40)(H,34,38)/t22-/m0/s1. The van der Waals surface area contributed by atoms with Crippen molar-refractivity contribution in [1.82, 2.24) is 30.0 Å². The predicted octanol–water partition coefficient (Wildman–Crippen LogP) is 2.22. The van der Waals surface area contributed by atoms with Gasteiger partial charge in [0.2, 0.25) is 11.8 Å². The quantitative estimate of drug-likeness (QED) is 0.444. The number of rotatable bonds is 4. The maximum absolute atomic E-state index is 13.3. The minimum absolute atomic E-state index is 0.0172. The monoisotopic (exact) mass is 592 g/mol. The summed E-state index contributed by atoms with van der Waals surface area (Å²) in [6.45, 7) is 3.70. The summed E-state index contributed by atoms with van der Waals surface area (Å²) in [6, 6.07) is 11.8. The summed E-state index contributed by atoms with van der Waals surface area (Å²) >= 11 is 0. The molecule has 0 saturated carbocycles. The second kappa shape index (κ2) is 15.0. The van der Waals surface area contributed by atoms with Crippen LogP contribution in [-0.2, 0) is 20.9 Å². The number of likely N-dealkylation sites (N-methyl/N-ethyl adjacent to an activating group) is 1. The third-order valence-corrected chi connectivity index (χ3v) is 7.42. The molecule has 0 radical (unpaired) electrons.